The van der Waals surface area contributed by atoms with E-state index in [1.807, 2.05) is 0 Å². The van der Waals surface area contributed by atoms with Crippen LogP contribution in [0.5, 0.6) is 17.2 Å². The molecule has 0 radical (unpaired) electrons. The van der Waals surface area contributed by atoms with Gasteiger partial charge in [0.25, 0.3) is 0 Å². The Morgan fingerprint density at radius 1 is 0.810 bits per heavy atom. The van der Waals surface area contributed by atoms with Crippen molar-refractivity contribution in [1.29, 1.82) is 0 Å². The number of benzene rings is 2. The monoisotopic (exact) mass is 598 g/mol. The predicted octanol–water partition coefficient (Wildman–Crippen LogP) is 10.8. The van der Waals surface area contributed by atoms with Crippen molar-refractivity contribution in [3.63, 3.8) is 0 Å². The molecule has 9 heteroatoms. The highest BCUT2D eigenvalue weighted by molar-refractivity contribution is 5.36. The third-order valence-electron chi connectivity index (χ3n) is 8.83. The molecule has 2 aromatic carbocycles. The van der Waals surface area contributed by atoms with Gasteiger partial charge >= 0.3 is 12.2 Å². The van der Waals surface area contributed by atoms with Gasteiger partial charge in [0, 0.05) is 12.1 Å². The molecule has 0 spiro atoms. The summed E-state index contributed by atoms with van der Waals surface area (Å²) in [6.07, 6.45) is 9.17. The summed E-state index contributed by atoms with van der Waals surface area (Å²) in [5, 5.41) is 0. The lowest BCUT2D eigenvalue weighted by molar-refractivity contribution is -0.185. The topological polar surface area (TPSA) is 27.7 Å². The fourth-order valence-corrected chi connectivity index (χ4v) is 6.44. The quantitative estimate of drug-likeness (QED) is 0.130. The van der Waals surface area contributed by atoms with Crippen molar-refractivity contribution in [1.82, 2.24) is 0 Å². The minimum atomic E-state index is -3.92. The maximum absolute atomic E-state index is 14.7. The number of unbranched alkanes of at least 4 members (excludes halogenated alkanes) is 2. The van der Waals surface area contributed by atoms with Crippen molar-refractivity contribution in [2.45, 2.75) is 90.1 Å². The third kappa shape index (κ3) is 9.08. The molecule has 0 aliphatic heterocycles. The zero-order chi connectivity index (χ0) is 30.1. The van der Waals surface area contributed by atoms with Gasteiger partial charge in [0.2, 0.25) is 0 Å². The predicted molar refractivity (Wildman–Crippen MR) is 149 cm³/mol. The summed E-state index contributed by atoms with van der Waals surface area (Å²) < 4.78 is 96.4. The van der Waals surface area contributed by atoms with E-state index in [1.54, 1.807) is 0 Å². The lowest BCUT2D eigenvalue weighted by atomic mass is 9.69. The maximum atomic E-state index is 14.7. The molecular formula is C33H40F6O3. The first-order valence-electron chi connectivity index (χ1n) is 15.1. The SMILES string of the molecule is CCCCCC1CCC(C2CCC(COc3ccc(C(F)(F)Oc4cc(F)c(OC=C(F)F)c(F)c4)cc3)CC2)CC1. The van der Waals surface area contributed by atoms with Crippen LogP contribution < -0.4 is 14.2 Å². The highest BCUT2D eigenvalue weighted by Gasteiger charge is 2.35. The standard InChI is InChI=1S/C33H40F6O3/c1-2-3-4-5-22-6-10-24(11-7-22)25-12-8-23(9-13-25)20-40-27-16-14-26(15-17-27)33(38,39)42-28-18-29(34)32(30(35)19-28)41-21-31(36)37/h14-19,21-25H,2-13,20H2,1H3. The summed E-state index contributed by atoms with van der Waals surface area (Å²) in [7, 11) is 0. The average molecular weight is 599 g/mol. The van der Waals surface area contributed by atoms with Gasteiger partial charge in [0.05, 0.1) is 12.2 Å². The molecule has 42 heavy (non-hydrogen) atoms. The van der Waals surface area contributed by atoms with E-state index in [2.05, 4.69) is 16.4 Å². The lowest BCUT2D eigenvalue weighted by Crippen LogP contribution is -2.27. The summed E-state index contributed by atoms with van der Waals surface area (Å²) in [5.41, 5.74) is -0.543. The number of hydrogen-bond acceptors (Lipinski definition) is 3. The molecule has 3 nitrogen and oxygen atoms in total. The van der Waals surface area contributed by atoms with Crippen LogP contribution in [0.4, 0.5) is 26.3 Å². The Bertz CT molecular complexity index is 1130. The molecule has 4 rings (SSSR count). The van der Waals surface area contributed by atoms with Gasteiger partial charge in [-0.1, -0.05) is 45.4 Å². The smallest absolute Gasteiger partial charge is 0.426 e. The number of ether oxygens (including phenoxy) is 3. The second kappa shape index (κ2) is 15.1. The molecule has 0 N–H and O–H groups in total. The van der Waals surface area contributed by atoms with E-state index in [1.165, 1.54) is 76.3 Å². The van der Waals surface area contributed by atoms with Gasteiger partial charge in [-0.05, 0) is 86.5 Å². The van der Waals surface area contributed by atoms with E-state index < -0.39 is 40.9 Å². The van der Waals surface area contributed by atoms with Crippen molar-refractivity contribution in [3.8, 4) is 17.2 Å². The molecule has 2 aromatic rings. The van der Waals surface area contributed by atoms with Crippen LogP contribution in [0.1, 0.15) is 89.5 Å². The van der Waals surface area contributed by atoms with Crippen molar-refractivity contribution < 1.29 is 40.6 Å². The van der Waals surface area contributed by atoms with E-state index in [4.69, 9.17) is 4.74 Å². The second-order valence-corrected chi connectivity index (χ2v) is 11.8. The molecule has 2 saturated carbocycles. The Labute approximate surface area is 244 Å². The summed E-state index contributed by atoms with van der Waals surface area (Å²) in [6.45, 7) is 2.78. The molecule has 2 fully saturated rings. The van der Waals surface area contributed by atoms with Crippen LogP contribution in [0.15, 0.2) is 48.7 Å². The summed E-state index contributed by atoms with van der Waals surface area (Å²) >= 11 is 0. The zero-order valence-electron chi connectivity index (χ0n) is 24.0. The van der Waals surface area contributed by atoms with Gasteiger partial charge in [0.15, 0.2) is 23.6 Å². The van der Waals surface area contributed by atoms with Gasteiger partial charge < -0.3 is 14.2 Å². The molecule has 0 saturated heterocycles. The fraction of sp³-hybridized carbons (Fsp3) is 0.576. The second-order valence-electron chi connectivity index (χ2n) is 11.8. The maximum Gasteiger partial charge on any atom is 0.426 e. The van der Waals surface area contributed by atoms with Crippen LogP contribution in [0.3, 0.4) is 0 Å². The number of hydrogen-bond donors (Lipinski definition) is 0. The first-order valence-corrected chi connectivity index (χ1v) is 15.1. The molecule has 0 heterocycles. The molecule has 2 aliphatic carbocycles. The van der Waals surface area contributed by atoms with Gasteiger partial charge in [0.1, 0.15) is 11.5 Å². The fourth-order valence-electron chi connectivity index (χ4n) is 6.44. The first kappa shape index (κ1) is 32.1. The van der Waals surface area contributed by atoms with Crippen LogP contribution in [-0.2, 0) is 6.11 Å². The Morgan fingerprint density at radius 2 is 1.38 bits per heavy atom. The van der Waals surface area contributed by atoms with Crippen LogP contribution >= 0.6 is 0 Å². The van der Waals surface area contributed by atoms with Crippen molar-refractivity contribution in [2.24, 2.45) is 23.7 Å². The number of halogens is 6. The van der Waals surface area contributed by atoms with Crippen molar-refractivity contribution >= 4 is 0 Å². The molecule has 0 bridgehead atoms. The Kier molecular flexibility index (Phi) is 11.5. The summed E-state index contributed by atoms with van der Waals surface area (Å²) in [4.78, 5) is 0. The van der Waals surface area contributed by atoms with Crippen molar-refractivity contribution in [3.05, 3.63) is 65.9 Å². The van der Waals surface area contributed by atoms with Gasteiger partial charge in [-0.3, -0.25) is 0 Å². The molecule has 0 unspecified atom stereocenters. The minimum absolute atomic E-state index is 0.160. The number of alkyl halides is 2. The highest BCUT2D eigenvalue weighted by Crippen LogP contribution is 2.42. The highest BCUT2D eigenvalue weighted by atomic mass is 19.3. The average Bonchev–Trinajstić information content (AvgIpc) is 2.96. The van der Waals surface area contributed by atoms with E-state index in [-0.39, 0.29) is 6.26 Å². The van der Waals surface area contributed by atoms with E-state index in [0.717, 1.165) is 42.7 Å². The van der Waals surface area contributed by atoms with E-state index in [9.17, 15) is 26.3 Å². The van der Waals surface area contributed by atoms with Crippen LogP contribution in [-0.4, -0.2) is 6.61 Å². The molecule has 0 amide bonds. The van der Waals surface area contributed by atoms with Gasteiger partial charge in [-0.25, -0.2) is 8.78 Å². The van der Waals surface area contributed by atoms with Crippen LogP contribution in [0.2, 0.25) is 0 Å². The van der Waals surface area contributed by atoms with Gasteiger partial charge in [-0.15, -0.1) is 0 Å². The third-order valence-corrected chi connectivity index (χ3v) is 8.83. The molecule has 0 atom stereocenters. The largest absolute Gasteiger partial charge is 0.493 e. The molecule has 2 aliphatic rings. The lowest BCUT2D eigenvalue weighted by Gasteiger charge is -2.38. The molecular weight excluding hydrogens is 558 g/mol. The minimum Gasteiger partial charge on any atom is -0.493 e. The normalized spacial score (nSPS) is 22.8. The summed E-state index contributed by atoms with van der Waals surface area (Å²) in [5.74, 6) is -1.46. The summed E-state index contributed by atoms with van der Waals surface area (Å²) in [6, 6.07) is 5.94. The van der Waals surface area contributed by atoms with Crippen molar-refractivity contribution in [2.75, 3.05) is 6.61 Å². The van der Waals surface area contributed by atoms with E-state index in [0.29, 0.717) is 30.4 Å². The molecule has 232 valence electrons. The Morgan fingerprint density at radius 3 is 1.93 bits per heavy atom. The van der Waals surface area contributed by atoms with Crippen LogP contribution in [0.25, 0.3) is 0 Å². The zero-order valence-corrected chi connectivity index (χ0v) is 24.0. The van der Waals surface area contributed by atoms with Gasteiger partial charge in [-0.2, -0.15) is 17.6 Å². The molecule has 0 aromatic heterocycles. The van der Waals surface area contributed by atoms with Crippen LogP contribution in [0, 0.1) is 35.3 Å². The number of rotatable bonds is 13. The Balaban J connectivity index is 1.21. The van der Waals surface area contributed by atoms with E-state index >= 15 is 0 Å². The Hall–Kier alpha value is -2.84. The first-order chi connectivity index (χ1) is 20.1.